The third-order valence-corrected chi connectivity index (χ3v) is 10.6. The number of hydrogen-bond donors (Lipinski definition) is 4. The van der Waals surface area contributed by atoms with E-state index in [4.69, 9.17) is 5.73 Å². The van der Waals surface area contributed by atoms with Crippen LogP contribution in [0.15, 0.2) is 89.8 Å². The second-order valence-electron chi connectivity index (χ2n) is 12.3. The van der Waals surface area contributed by atoms with Gasteiger partial charge >= 0.3 is 0 Å². The van der Waals surface area contributed by atoms with E-state index in [0.717, 1.165) is 16.7 Å². The minimum atomic E-state index is -3.86. The van der Waals surface area contributed by atoms with Crippen molar-refractivity contribution in [3.63, 3.8) is 0 Å². The summed E-state index contributed by atoms with van der Waals surface area (Å²) in [5, 5.41) is 6.03. The van der Waals surface area contributed by atoms with Gasteiger partial charge in [0.1, 0.15) is 12.1 Å². The van der Waals surface area contributed by atoms with Crippen LogP contribution in [0, 0.1) is 12.8 Å². The summed E-state index contributed by atoms with van der Waals surface area (Å²) in [7, 11) is -3.86. The van der Waals surface area contributed by atoms with E-state index in [2.05, 4.69) is 15.4 Å². The van der Waals surface area contributed by atoms with Crippen LogP contribution in [0.25, 0.3) is 0 Å². The molecule has 244 valence electrons. The molecule has 11 heteroatoms. The molecule has 0 aromatic heterocycles. The largest absolute Gasteiger partial charge is 0.343 e. The SMILES string of the molecule is CCC(N)C(=O)NC1C(=O)N2C(CCC1CNS(=O)(=O)c1ccc(C)cc1)CCC2C(=O)NC(c1ccccc1)c1ccccc1. The van der Waals surface area contributed by atoms with E-state index in [1.54, 1.807) is 24.0 Å². The smallest absolute Gasteiger partial charge is 0.246 e. The Hall–Kier alpha value is -4.06. The molecule has 0 spiro atoms. The molecule has 2 saturated heterocycles. The van der Waals surface area contributed by atoms with Gasteiger partial charge in [-0.1, -0.05) is 85.3 Å². The molecule has 2 fully saturated rings. The Morgan fingerprint density at radius 1 is 0.891 bits per heavy atom. The van der Waals surface area contributed by atoms with Crippen molar-refractivity contribution < 1.29 is 22.8 Å². The number of carbonyl (C=O) groups excluding carboxylic acids is 3. The van der Waals surface area contributed by atoms with Crippen molar-refractivity contribution in [2.24, 2.45) is 11.7 Å². The van der Waals surface area contributed by atoms with Gasteiger partial charge in [0.25, 0.3) is 0 Å². The van der Waals surface area contributed by atoms with Gasteiger partial charge in [-0.3, -0.25) is 14.4 Å². The molecule has 0 aliphatic carbocycles. The Kier molecular flexibility index (Phi) is 10.6. The van der Waals surface area contributed by atoms with Crippen molar-refractivity contribution >= 4 is 27.7 Å². The highest BCUT2D eigenvalue weighted by atomic mass is 32.2. The number of amides is 3. The van der Waals surface area contributed by atoms with Gasteiger partial charge in [0.15, 0.2) is 0 Å². The fourth-order valence-corrected chi connectivity index (χ4v) is 7.54. The Morgan fingerprint density at radius 2 is 1.48 bits per heavy atom. The van der Waals surface area contributed by atoms with Gasteiger partial charge < -0.3 is 21.3 Å². The summed E-state index contributed by atoms with van der Waals surface area (Å²) in [5.41, 5.74) is 8.79. The monoisotopic (exact) mass is 645 g/mol. The van der Waals surface area contributed by atoms with E-state index in [0.29, 0.717) is 32.1 Å². The van der Waals surface area contributed by atoms with Crippen LogP contribution in [-0.4, -0.2) is 61.8 Å². The highest BCUT2D eigenvalue weighted by Gasteiger charge is 2.48. The van der Waals surface area contributed by atoms with Crippen LogP contribution < -0.4 is 21.1 Å². The summed E-state index contributed by atoms with van der Waals surface area (Å²) in [6, 6.07) is 22.6. The first-order chi connectivity index (χ1) is 22.1. The highest BCUT2D eigenvalue weighted by molar-refractivity contribution is 7.89. The fraction of sp³-hybridized carbons (Fsp3) is 0.400. The first-order valence-electron chi connectivity index (χ1n) is 15.9. The molecule has 5 N–H and O–H groups in total. The molecule has 46 heavy (non-hydrogen) atoms. The van der Waals surface area contributed by atoms with E-state index in [-0.39, 0.29) is 23.4 Å². The number of hydrogen-bond acceptors (Lipinski definition) is 6. The molecule has 2 aliphatic heterocycles. The third-order valence-electron chi connectivity index (χ3n) is 9.16. The first kappa shape index (κ1) is 33.3. The second-order valence-corrected chi connectivity index (χ2v) is 14.0. The maximum absolute atomic E-state index is 14.4. The van der Waals surface area contributed by atoms with Crippen molar-refractivity contribution in [2.75, 3.05) is 6.54 Å². The zero-order chi connectivity index (χ0) is 32.8. The lowest BCUT2D eigenvalue weighted by molar-refractivity contribution is -0.143. The van der Waals surface area contributed by atoms with E-state index in [1.807, 2.05) is 67.6 Å². The predicted molar refractivity (Wildman–Crippen MR) is 176 cm³/mol. The zero-order valence-electron chi connectivity index (χ0n) is 26.3. The van der Waals surface area contributed by atoms with Crippen LogP contribution in [0.1, 0.15) is 61.8 Å². The predicted octanol–water partition coefficient (Wildman–Crippen LogP) is 3.17. The molecular formula is C35H43N5O5S. The van der Waals surface area contributed by atoms with Crippen molar-refractivity contribution in [3.05, 3.63) is 102 Å². The number of carbonyl (C=O) groups is 3. The van der Waals surface area contributed by atoms with Gasteiger partial charge in [-0.2, -0.15) is 0 Å². The molecule has 5 rings (SSSR count). The Morgan fingerprint density at radius 3 is 2.07 bits per heavy atom. The Bertz CT molecular complexity index is 1580. The third kappa shape index (κ3) is 7.49. The molecule has 5 unspecified atom stereocenters. The number of fused-ring (bicyclic) bond motifs is 1. The van der Waals surface area contributed by atoms with Crippen LogP contribution in [0.4, 0.5) is 0 Å². The summed E-state index contributed by atoms with van der Waals surface area (Å²) in [5.74, 6) is -1.70. The molecular weight excluding hydrogens is 602 g/mol. The maximum Gasteiger partial charge on any atom is 0.246 e. The lowest BCUT2D eigenvalue weighted by atomic mass is 9.93. The lowest BCUT2D eigenvalue weighted by Crippen LogP contribution is -2.59. The minimum absolute atomic E-state index is 0.0598. The van der Waals surface area contributed by atoms with Gasteiger partial charge in [-0.25, -0.2) is 13.1 Å². The van der Waals surface area contributed by atoms with Gasteiger partial charge in [0.05, 0.1) is 17.0 Å². The summed E-state index contributed by atoms with van der Waals surface area (Å²) in [6.07, 6.45) is 2.52. The summed E-state index contributed by atoms with van der Waals surface area (Å²) >= 11 is 0. The Labute approximate surface area is 271 Å². The molecule has 10 nitrogen and oxygen atoms in total. The molecule has 0 radical (unpaired) electrons. The first-order valence-corrected chi connectivity index (χ1v) is 17.4. The number of nitrogens with two attached hydrogens (primary N) is 1. The number of benzene rings is 3. The normalized spacial score (nSPS) is 22.2. The molecule has 5 atom stereocenters. The van der Waals surface area contributed by atoms with Crippen molar-refractivity contribution in [2.45, 2.75) is 81.1 Å². The van der Waals surface area contributed by atoms with Crippen LogP contribution in [0.3, 0.4) is 0 Å². The van der Waals surface area contributed by atoms with Gasteiger partial charge in [0, 0.05) is 18.5 Å². The van der Waals surface area contributed by atoms with Crippen molar-refractivity contribution in [3.8, 4) is 0 Å². The topological polar surface area (TPSA) is 151 Å². The highest BCUT2D eigenvalue weighted by Crippen LogP contribution is 2.35. The average molecular weight is 646 g/mol. The maximum atomic E-state index is 14.4. The molecule has 0 bridgehead atoms. The van der Waals surface area contributed by atoms with E-state index in [1.165, 1.54) is 12.1 Å². The quantitative estimate of drug-likeness (QED) is 0.252. The van der Waals surface area contributed by atoms with E-state index >= 15 is 0 Å². The number of aryl methyl sites for hydroxylation is 1. The zero-order valence-corrected chi connectivity index (χ0v) is 27.1. The van der Waals surface area contributed by atoms with Crippen molar-refractivity contribution in [1.82, 2.24) is 20.3 Å². The second kappa shape index (κ2) is 14.6. The lowest BCUT2D eigenvalue weighted by Gasteiger charge is -2.33. The summed E-state index contributed by atoms with van der Waals surface area (Å²) in [6.45, 7) is 3.59. The minimum Gasteiger partial charge on any atom is -0.343 e. The number of rotatable bonds is 11. The molecule has 2 aliphatic rings. The average Bonchev–Trinajstić information content (AvgIpc) is 3.45. The van der Waals surface area contributed by atoms with Crippen LogP contribution >= 0.6 is 0 Å². The molecule has 0 saturated carbocycles. The van der Waals surface area contributed by atoms with Gasteiger partial charge in [-0.05, 0) is 62.3 Å². The van der Waals surface area contributed by atoms with Crippen LogP contribution in [-0.2, 0) is 24.4 Å². The van der Waals surface area contributed by atoms with Crippen LogP contribution in [0.2, 0.25) is 0 Å². The van der Waals surface area contributed by atoms with E-state index < -0.39 is 51.9 Å². The van der Waals surface area contributed by atoms with Crippen LogP contribution in [0.5, 0.6) is 0 Å². The molecule has 3 amide bonds. The van der Waals surface area contributed by atoms with E-state index in [9.17, 15) is 22.8 Å². The van der Waals surface area contributed by atoms with Gasteiger partial charge in [0.2, 0.25) is 27.7 Å². The number of nitrogens with zero attached hydrogens (tertiary/aromatic N) is 1. The fourth-order valence-electron chi connectivity index (χ4n) is 6.44. The molecule has 3 aromatic carbocycles. The van der Waals surface area contributed by atoms with Crippen molar-refractivity contribution in [1.29, 1.82) is 0 Å². The summed E-state index contributed by atoms with van der Waals surface area (Å²) in [4.78, 5) is 43.2. The standard InChI is InChI=1S/C35H43N5O5S/c1-3-29(36)33(41)39-32-26(22-37-46(44,45)28-19-14-23(2)15-20-28)16-17-27-18-21-30(40(27)35(32)43)34(42)38-31(24-10-6-4-7-11-24)25-12-8-5-9-13-25/h4-15,19-20,26-27,29-32,37H,3,16-18,21-22,36H2,1-2H3,(H,38,42)(H,39,41). The number of nitrogens with one attached hydrogen (secondary N) is 3. The molecule has 2 heterocycles. The molecule has 3 aromatic rings. The Balaban J connectivity index is 1.39. The summed E-state index contributed by atoms with van der Waals surface area (Å²) < 4.78 is 28.9. The van der Waals surface area contributed by atoms with Gasteiger partial charge in [-0.15, -0.1) is 0 Å². The number of sulfonamides is 1.